The van der Waals surface area contributed by atoms with Crippen LogP contribution in [0.4, 0.5) is 5.13 Å². The summed E-state index contributed by atoms with van der Waals surface area (Å²) < 4.78 is 0.797. The Morgan fingerprint density at radius 3 is 2.62 bits per heavy atom. The van der Waals surface area contributed by atoms with Gasteiger partial charge in [-0.05, 0) is 43.5 Å². The molecule has 0 fully saturated rings. The van der Waals surface area contributed by atoms with Crippen molar-refractivity contribution < 1.29 is 4.79 Å². The lowest BCUT2D eigenvalue weighted by Gasteiger charge is -2.09. The molecule has 26 heavy (non-hydrogen) atoms. The molecule has 6 heteroatoms. The number of aryl methyl sites for hydroxylation is 2. The van der Waals surface area contributed by atoms with Gasteiger partial charge in [-0.25, -0.2) is 0 Å². The van der Waals surface area contributed by atoms with Crippen LogP contribution in [-0.4, -0.2) is 21.2 Å². The van der Waals surface area contributed by atoms with Gasteiger partial charge in [0.2, 0.25) is 5.13 Å². The number of rotatable bonds is 7. The molecule has 0 saturated heterocycles. The van der Waals surface area contributed by atoms with Gasteiger partial charge in [-0.1, -0.05) is 65.6 Å². The maximum absolute atomic E-state index is 12.7. The lowest BCUT2D eigenvalue weighted by atomic mass is 10.0. The summed E-state index contributed by atoms with van der Waals surface area (Å²) in [5.74, 6) is 0.118. The molecule has 0 aliphatic heterocycles. The monoisotopic (exact) mass is 383 g/mol. The largest absolute Gasteiger partial charge is 0.356 e. The van der Waals surface area contributed by atoms with E-state index in [1.54, 1.807) is 0 Å². The van der Waals surface area contributed by atoms with Crippen LogP contribution in [0, 0.1) is 13.8 Å². The minimum atomic E-state index is -0.202. The Morgan fingerprint density at radius 1 is 1.12 bits per heavy atom. The van der Waals surface area contributed by atoms with E-state index >= 15 is 0 Å². The number of hydrogen-bond donors (Lipinski definition) is 1. The summed E-state index contributed by atoms with van der Waals surface area (Å²) >= 11 is 2.93. The number of Topliss-reactive ketones (excluding diaryl/α,β-unsaturated/α-hetero) is 1. The van der Waals surface area contributed by atoms with Crippen LogP contribution in [-0.2, 0) is 6.54 Å². The average molecular weight is 384 g/mol. The van der Waals surface area contributed by atoms with Crippen molar-refractivity contribution in [2.75, 3.05) is 5.32 Å². The van der Waals surface area contributed by atoms with Crippen LogP contribution >= 0.6 is 23.1 Å². The number of benzene rings is 2. The van der Waals surface area contributed by atoms with Crippen LogP contribution in [0.1, 0.15) is 34.0 Å². The van der Waals surface area contributed by atoms with Crippen molar-refractivity contribution in [3.63, 3.8) is 0 Å². The van der Waals surface area contributed by atoms with E-state index < -0.39 is 0 Å². The fourth-order valence-corrected chi connectivity index (χ4v) is 4.41. The van der Waals surface area contributed by atoms with Crippen molar-refractivity contribution >= 4 is 34.0 Å². The summed E-state index contributed by atoms with van der Waals surface area (Å²) in [5, 5.41) is 12.2. The Kier molecular flexibility index (Phi) is 6.06. The molecule has 4 nitrogen and oxygen atoms in total. The average Bonchev–Trinajstić information content (AvgIpc) is 3.10. The minimum absolute atomic E-state index is 0.118. The Bertz CT molecular complexity index is 893. The fourth-order valence-electron chi connectivity index (χ4n) is 2.44. The van der Waals surface area contributed by atoms with Gasteiger partial charge in [-0.2, -0.15) is 0 Å². The molecule has 3 rings (SSSR count). The lowest BCUT2D eigenvalue weighted by molar-refractivity contribution is 0.0994. The van der Waals surface area contributed by atoms with E-state index in [9.17, 15) is 4.79 Å². The van der Waals surface area contributed by atoms with E-state index in [1.165, 1.54) is 34.2 Å². The van der Waals surface area contributed by atoms with E-state index in [2.05, 4.69) is 27.6 Å². The van der Waals surface area contributed by atoms with Gasteiger partial charge in [-0.3, -0.25) is 4.79 Å². The second-order valence-corrected chi connectivity index (χ2v) is 8.70. The molecule has 0 bridgehead atoms. The molecule has 1 N–H and O–H groups in total. The zero-order valence-electron chi connectivity index (χ0n) is 15.0. The molecular formula is C20H21N3OS2. The number of anilines is 1. The van der Waals surface area contributed by atoms with Crippen LogP contribution in [0.3, 0.4) is 0 Å². The van der Waals surface area contributed by atoms with Crippen molar-refractivity contribution in [3.8, 4) is 0 Å². The first-order valence-electron chi connectivity index (χ1n) is 8.42. The molecule has 0 aliphatic carbocycles. The SMILES string of the molecule is Cc1ccc(C(=O)[C@@H](C)Sc2nnc(NCc3ccccc3)s2)cc1C. The fraction of sp³-hybridized carbons (Fsp3) is 0.250. The topological polar surface area (TPSA) is 54.9 Å². The van der Waals surface area contributed by atoms with E-state index in [1.807, 2.05) is 57.2 Å². The van der Waals surface area contributed by atoms with Gasteiger partial charge in [-0.15, -0.1) is 10.2 Å². The van der Waals surface area contributed by atoms with Crippen LogP contribution in [0.15, 0.2) is 52.9 Å². The molecule has 1 heterocycles. The van der Waals surface area contributed by atoms with Gasteiger partial charge < -0.3 is 5.32 Å². The van der Waals surface area contributed by atoms with Crippen LogP contribution in [0.25, 0.3) is 0 Å². The first kappa shape index (κ1) is 18.6. The molecular weight excluding hydrogens is 362 g/mol. The number of aromatic nitrogens is 2. The molecule has 1 atom stereocenters. The molecule has 0 spiro atoms. The summed E-state index contributed by atoms with van der Waals surface area (Å²) in [4.78, 5) is 12.7. The Labute approximate surface area is 162 Å². The molecule has 0 radical (unpaired) electrons. The highest BCUT2D eigenvalue weighted by molar-refractivity contribution is 8.02. The van der Waals surface area contributed by atoms with E-state index in [4.69, 9.17) is 0 Å². The summed E-state index contributed by atoms with van der Waals surface area (Å²) in [7, 11) is 0. The summed E-state index contributed by atoms with van der Waals surface area (Å²) in [6.07, 6.45) is 0. The maximum atomic E-state index is 12.7. The highest BCUT2D eigenvalue weighted by Gasteiger charge is 2.19. The van der Waals surface area contributed by atoms with E-state index in [0.29, 0.717) is 6.54 Å². The zero-order chi connectivity index (χ0) is 18.5. The van der Waals surface area contributed by atoms with Gasteiger partial charge in [0, 0.05) is 12.1 Å². The number of ketones is 1. The predicted octanol–water partition coefficient (Wildman–Crippen LogP) is 5.13. The van der Waals surface area contributed by atoms with Crippen molar-refractivity contribution in [3.05, 3.63) is 70.8 Å². The van der Waals surface area contributed by atoms with Gasteiger partial charge >= 0.3 is 0 Å². The molecule has 134 valence electrons. The molecule has 0 aliphatic rings. The quantitative estimate of drug-likeness (QED) is 0.453. The zero-order valence-corrected chi connectivity index (χ0v) is 16.7. The highest BCUT2D eigenvalue weighted by Crippen LogP contribution is 2.30. The Balaban J connectivity index is 1.59. The van der Waals surface area contributed by atoms with Crippen LogP contribution in [0.2, 0.25) is 0 Å². The van der Waals surface area contributed by atoms with Gasteiger partial charge in [0.05, 0.1) is 5.25 Å². The molecule has 3 aromatic rings. The van der Waals surface area contributed by atoms with Crippen molar-refractivity contribution in [2.24, 2.45) is 0 Å². The van der Waals surface area contributed by atoms with E-state index in [-0.39, 0.29) is 11.0 Å². The Hall–Kier alpha value is -2.18. The number of carbonyl (C=O) groups excluding carboxylic acids is 1. The van der Waals surface area contributed by atoms with Gasteiger partial charge in [0.25, 0.3) is 0 Å². The number of nitrogens with one attached hydrogen (secondary N) is 1. The van der Waals surface area contributed by atoms with Crippen LogP contribution in [0.5, 0.6) is 0 Å². The first-order chi connectivity index (χ1) is 12.5. The second kappa shape index (κ2) is 8.47. The third kappa shape index (κ3) is 4.71. The smallest absolute Gasteiger partial charge is 0.206 e. The lowest BCUT2D eigenvalue weighted by Crippen LogP contribution is -2.13. The number of hydrogen-bond acceptors (Lipinski definition) is 6. The summed E-state index contributed by atoms with van der Waals surface area (Å²) in [6, 6.07) is 16.0. The van der Waals surface area contributed by atoms with Gasteiger partial charge in [0.15, 0.2) is 10.1 Å². The van der Waals surface area contributed by atoms with Crippen molar-refractivity contribution in [1.29, 1.82) is 0 Å². The molecule has 0 amide bonds. The molecule has 0 saturated carbocycles. The minimum Gasteiger partial charge on any atom is -0.356 e. The molecule has 2 aromatic carbocycles. The molecule has 0 unspecified atom stereocenters. The number of nitrogens with zero attached hydrogens (tertiary/aromatic N) is 2. The third-order valence-electron chi connectivity index (χ3n) is 4.13. The van der Waals surface area contributed by atoms with Crippen LogP contribution < -0.4 is 5.32 Å². The summed E-state index contributed by atoms with van der Waals surface area (Å²) in [6.45, 7) is 6.70. The first-order valence-corrected chi connectivity index (χ1v) is 10.1. The standard InChI is InChI=1S/C20H21N3OS2/c1-13-9-10-17(11-14(13)2)18(24)15(3)25-20-23-22-19(26-20)21-12-16-7-5-4-6-8-16/h4-11,15H,12H2,1-3H3,(H,21,22)/t15-/m1/s1. The molecule has 1 aromatic heterocycles. The summed E-state index contributed by atoms with van der Waals surface area (Å²) in [5.41, 5.74) is 4.27. The van der Waals surface area contributed by atoms with E-state index in [0.717, 1.165) is 20.6 Å². The van der Waals surface area contributed by atoms with Crippen molar-refractivity contribution in [2.45, 2.75) is 36.9 Å². The number of thioether (sulfide) groups is 1. The third-order valence-corrected chi connectivity index (χ3v) is 6.20. The number of carbonyl (C=O) groups is 1. The van der Waals surface area contributed by atoms with Gasteiger partial charge in [0.1, 0.15) is 0 Å². The second-order valence-electron chi connectivity index (χ2n) is 6.14. The van der Waals surface area contributed by atoms with Crippen molar-refractivity contribution in [1.82, 2.24) is 10.2 Å². The Morgan fingerprint density at radius 2 is 1.88 bits per heavy atom. The normalized spacial score (nSPS) is 12.0. The maximum Gasteiger partial charge on any atom is 0.206 e. The predicted molar refractivity (Wildman–Crippen MR) is 109 cm³/mol. The highest BCUT2D eigenvalue weighted by atomic mass is 32.2.